The average molecular weight is 298 g/mol. The van der Waals surface area contributed by atoms with Crippen molar-refractivity contribution in [2.75, 3.05) is 11.4 Å². The van der Waals surface area contributed by atoms with E-state index in [9.17, 15) is 4.79 Å². The summed E-state index contributed by atoms with van der Waals surface area (Å²) in [6.45, 7) is 10.3. The quantitative estimate of drug-likeness (QED) is 0.700. The molecule has 1 heterocycles. The Balaban J connectivity index is 0.000000956. The van der Waals surface area contributed by atoms with E-state index in [4.69, 9.17) is 16.3 Å². The molecule has 3 nitrogen and oxygen atoms in total. The monoisotopic (exact) mass is 297 g/mol. The Bertz CT molecular complexity index is 466. The van der Waals surface area contributed by atoms with Gasteiger partial charge in [0.2, 0.25) is 0 Å². The number of hydrogen-bond acceptors (Lipinski definition) is 2. The molecule has 112 valence electrons. The van der Waals surface area contributed by atoms with Crippen LogP contribution < -0.4 is 4.90 Å². The zero-order chi connectivity index (χ0) is 15.3. The molecule has 0 aliphatic carbocycles. The number of nitrogens with zero attached hydrogens (tertiary/aromatic N) is 1. The maximum atomic E-state index is 12.1. The summed E-state index contributed by atoms with van der Waals surface area (Å²) in [6, 6.07) is 5.88. The summed E-state index contributed by atoms with van der Waals surface area (Å²) in [5.74, 6) is 0.478. The van der Waals surface area contributed by atoms with E-state index in [1.807, 2.05) is 52.8 Å². The number of halogens is 1. The molecule has 0 saturated carbocycles. The van der Waals surface area contributed by atoms with Crippen LogP contribution in [0.1, 0.15) is 45.7 Å². The highest BCUT2D eigenvalue weighted by Gasteiger charge is 2.29. The predicted octanol–water partition coefficient (Wildman–Crippen LogP) is 4.75. The highest BCUT2D eigenvalue weighted by atomic mass is 35.5. The molecule has 4 heteroatoms. The van der Waals surface area contributed by atoms with E-state index in [0.717, 1.165) is 17.7 Å². The van der Waals surface area contributed by atoms with E-state index in [-0.39, 0.29) is 6.09 Å². The van der Waals surface area contributed by atoms with Gasteiger partial charge in [0.15, 0.2) is 0 Å². The van der Waals surface area contributed by atoms with Crippen molar-refractivity contribution in [1.82, 2.24) is 0 Å². The van der Waals surface area contributed by atoms with E-state index >= 15 is 0 Å². The van der Waals surface area contributed by atoms with Crippen LogP contribution in [0.15, 0.2) is 18.2 Å². The van der Waals surface area contributed by atoms with Crippen LogP contribution in [0, 0.1) is 0 Å². The lowest BCUT2D eigenvalue weighted by atomic mass is 10.1. The highest BCUT2D eigenvalue weighted by molar-refractivity contribution is 6.17. The summed E-state index contributed by atoms with van der Waals surface area (Å²) in [5.41, 5.74) is 2.73. The van der Waals surface area contributed by atoms with Crippen LogP contribution in [0.4, 0.5) is 10.5 Å². The second-order valence-corrected chi connectivity index (χ2v) is 5.70. The minimum Gasteiger partial charge on any atom is -0.443 e. The van der Waals surface area contributed by atoms with Crippen molar-refractivity contribution in [3.63, 3.8) is 0 Å². The molecule has 0 unspecified atom stereocenters. The number of alkyl halides is 1. The van der Waals surface area contributed by atoms with Crippen molar-refractivity contribution in [2.45, 2.75) is 52.5 Å². The van der Waals surface area contributed by atoms with Crippen LogP contribution in [0.3, 0.4) is 0 Å². The lowest BCUT2D eigenvalue weighted by Gasteiger charge is -2.24. The summed E-state index contributed by atoms with van der Waals surface area (Å²) < 4.78 is 5.41. The SMILES string of the molecule is CC.CC(C)(C)OC(=O)N1CCc2c(CCl)cccc21. The van der Waals surface area contributed by atoms with Gasteiger partial charge in [0.25, 0.3) is 0 Å². The molecule has 1 aromatic carbocycles. The van der Waals surface area contributed by atoms with Crippen molar-refractivity contribution in [3.8, 4) is 0 Å². The topological polar surface area (TPSA) is 29.5 Å². The second-order valence-electron chi connectivity index (χ2n) is 5.43. The smallest absolute Gasteiger partial charge is 0.414 e. The van der Waals surface area contributed by atoms with Gasteiger partial charge in [-0.1, -0.05) is 26.0 Å². The van der Waals surface area contributed by atoms with Gasteiger partial charge in [-0.05, 0) is 44.4 Å². The number of carbonyl (C=O) groups excluding carboxylic acids is 1. The summed E-state index contributed by atoms with van der Waals surface area (Å²) in [6.07, 6.45) is 0.560. The molecule has 1 aliphatic heterocycles. The highest BCUT2D eigenvalue weighted by Crippen LogP contribution is 2.32. The Morgan fingerprint density at radius 1 is 1.35 bits per heavy atom. The van der Waals surface area contributed by atoms with Crippen molar-refractivity contribution < 1.29 is 9.53 Å². The van der Waals surface area contributed by atoms with Crippen LogP contribution in [0.2, 0.25) is 0 Å². The van der Waals surface area contributed by atoms with Gasteiger partial charge >= 0.3 is 6.09 Å². The number of fused-ring (bicyclic) bond motifs is 1. The van der Waals surface area contributed by atoms with Crippen LogP contribution in [-0.2, 0) is 17.0 Å². The number of hydrogen-bond donors (Lipinski definition) is 0. The Kier molecular flexibility index (Phi) is 5.88. The lowest BCUT2D eigenvalue weighted by Crippen LogP contribution is -2.35. The van der Waals surface area contributed by atoms with Crippen LogP contribution in [-0.4, -0.2) is 18.2 Å². The van der Waals surface area contributed by atoms with E-state index in [1.54, 1.807) is 4.90 Å². The molecule has 0 aromatic heterocycles. The fourth-order valence-corrected chi connectivity index (χ4v) is 2.39. The van der Waals surface area contributed by atoms with E-state index < -0.39 is 5.60 Å². The molecule has 0 bridgehead atoms. The first kappa shape index (κ1) is 16.8. The van der Waals surface area contributed by atoms with Gasteiger partial charge in [0.05, 0.1) is 5.69 Å². The molecule has 20 heavy (non-hydrogen) atoms. The Hall–Kier alpha value is -1.22. The number of benzene rings is 1. The number of anilines is 1. The first-order valence-corrected chi connectivity index (χ1v) is 7.63. The normalized spacial score (nSPS) is 13.4. The second kappa shape index (κ2) is 6.98. The zero-order valence-corrected chi connectivity index (χ0v) is 13.8. The van der Waals surface area contributed by atoms with Crippen LogP contribution >= 0.6 is 11.6 Å². The van der Waals surface area contributed by atoms with Crippen LogP contribution in [0.25, 0.3) is 0 Å². The number of rotatable bonds is 1. The molecular weight excluding hydrogens is 274 g/mol. The minimum absolute atomic E-state index is 0.284. The molecule has 0 saturated heterocycles. The average Bonchev–Trinajstić information content (AvgIpc) is 2.82. The van der Waals surface area contributed by atoms with Gasteiger partial charge in [-0.15, -0.1) is 11.6 Å². The first-order valence-electron chi connectivity index (χ1n) is 7.09. The number of carbonyl (C=O) groups is 1. The van der Waals surface area contributed by atoms with Crippen molar-refractivity contribution >= 4 is 23.4 Å². The van der Waals surface area contributed by atoms with Gasteiger partial charge in [0, 0.05) is 12.4 Å². The molecule has 0 N–H and O–H groups in total. The van der Waals surface area contributed by atoms with E-state index in [1.165, 1.54) is 5.56 Å². The predicted molar refractivity (Wildman–Crippen MR) is 84.6 cm³/mol. The van der Waals surface area contributed by atoms with Crippen molar-refractivity contribution in [2.24, 2.45) is 0 Å². The van der Waals surface area contributed by atoms with Crippen molar-refractivity contribution in [1.29, 1.82) is 0 Å². The molecular formula is C16H24ClNO2. The number of amides is 1. The van der Waals surface area contributed by atoms with E-state index in [0.29, 0.717) is 12.4 Å². The molecule has 0 spiro atoms. The standard InChI is InChI=1S/C14H18ClNO2.C2H6/c1-14(2,3)18-13(17)16-8-7-11-10(9-15)5-4-6-12(11)16;1-2/h4-6H,7-9H2,1-3H3;1-2H3. The molecule has 0 radical (unpaired) electrons. The fraction of sp³-hybridized carbons (Fsp3) is 0.562. The van der Waals surface area contributed by atoms with Gasteiger partial charge in [-0.3, -0.25) is 4.90 Å². The van der Waals surface area contributed by atoms with Crippen molar-refractivity contribution in [3.05, 3.63) is 29.3 Å². The maximum Gasteiger partial charge on any atom is 0.414 e. The number of ether oxygens (including phenoxy) is 1. The first-order chi connectivity index (χ1) is 9.42. The Morgan fingerprint density at radius 2 is 2.00 bits per heavy atom. The molecule has 0 fully saturated rings. The zero-order valence-electron chi connectivity index (χ0n) is 13.0. The molecule has 0 atom stereocenters. The fourth-order valence-electron chi connectivity index (χ4n) is 2.14. The third kappa shape index (κ3) is 3.89. The third-order valence-electron chi connectivity index (χ3n) is 2.88. The van der Waals surface area contributed by atoms with Gasteiger partial charge in [-0.2, -0.15) is 0 Å². The summed E-state index contributed by atoms with van der Waals surface area (Å²) in [5, 5.41) is 0. The van der Waals surface area contributed by atoms with Gasteiger partial charge in [-0.25, -0.2) is 4.79 Å². The lowest BCUT2D eigenvalue weighted by molar-refractivity contribution is 0.0584. The summed E-state index contributed by atoms with van der Waals surface area (Å²) in [7, 11) is 0. The largest absolute Gasteiger partial charge is 0.443 e. The molecule has 1 aromatic rings. The molecule has 1 aliphatic rings. The van der Waals surface area contributed by atoms with E-state index in [2.05, 4.69) is 0 Å². The third-order valence-corrected chi connectivity index (χ3v) is 3.17. The molecule has 1 amide bonds. The Morgan fingerprint density at radius 3 is 2.55 bits per heavy atom. The Labute approximate surface area is 126 Å². The van der Waals surface area contributed by atoms with Crippen LogP contribution in [0.5, 0.6) is 0 Å². The summed E-state index contributed by atoms with van der Waals surface area (Å²) >= 11 is 5.91. The molecule has 2 rings (SSSR count). The van der Waals surface area contributed by atoms with Gasteiger partial charge < -0.3 is 4.74 Å². The maximum absolute atomic E-state index is 12.1. The van der Waals surface area contributed by atoms with Gasteiger partial charge in [0.1, 0.15) is 5.60 Å². The minimum atomic E-state index is -0.468. The summed E-state index contributed by atoms with van der Waals surface area (Å²) in [4.78, 5) is 13.8.